The fraction of sp³-hybridized carbons (Fsp3) is 0.360. The van der Waals surface area contributed by atoms with Crippen LogP contribution in [0.15, 0.2) is 54.7 Å². The second-order valence-electron chi connectivity index (χ2n) is 8.59. The molecule has 31 heavy (non-hydrogen) atoms. The molecule has 1 aliphatic carbocycles. The van der Waals surface area contributed by atoms with E-state index in [4.69, 9.17) is 12.2 Å². The van der Waals surface area contributed by atoms with Crippen molar-refractivity contribution in [1.29, 1.82) is 0 Å². The molecule has 1 aliphatic heterocycles. The van der Waals surface area contributed by atoms with Crippen LogP contribution < -0.4 is 5.32 Å². The highest BCUT2D eigenvalue weighted by Crippen LogP contribution is 2.44. The van der Waals surface area contributed by atoms with Crippen LogP contribution in [-0.4, -0.2) is 25.6 Å². The van der Waals surface area contributed by atoms with Crippen LogP contribution in [0.3, 0.4) is 0 Å². The van der Waals surface area contributed by atoms with Gasteiger partial charge in [0.2, 0.25) is 0 Å². The van der Waals surface area contributed by atoms with Crippen molar-refractivity contribution in [2.24, 2.45) is 0 Å². The minimum Gasteiger partial charge on any atom is -0.352 e. The fourth-order valence-electron chi connectivity index (χ4n) is 5.36. The van der Waals surface area contributed by atoms with Gasteiger partial charge in [-0.3, -0.25) is 4.98 Å². The second-order valence-corrected chi connectivity index (χ2v) is 8.97. The third-order valence-corrected chi connectivity index (χ3v) is 7.06. The summed E-state index contributed by atoms with van der Waals surface area (Å²) in [4.78, 5) is 7.05. The Morgan fingerprint density at radius 3 is 2.52 bits per heavy atom. The Kier molecular flexibility index (Phi) is 5.26. The smallest absolute Gasteiger partial charge is 0.170 e. The van der Waals surface area contributed by atoms with E-state index in [2.05, 4.69) is 34.3 Å². The van der Waals surface area contributed by atoms with E-state index in [1.165, 1.54) is 24.5 Å². The molecular formula is C25H27FN4S. The van der Waals surface area contributed by atoms with Gasteiger partial charge < -0.3 is 14.8 Å². The predicted octanol–water partition coefficient (Wildman–Crippen LogP) is 5.54. The molecule has 2 aliphatic rings. The lowest BCUT2D eigenvalue weighted by Gasteiger charge is -2.33. The summed E-state index contributed by atoms with van der Waals surface area (Å²) >= 11 is 5.85. The molecule has 4 nitrogen and oxygen atoms in total. The summed E-state index contributed by atoms with van der Waals surface area (Å²) in [5, 5.41) is 4.36. The van der Waals surface area contributed by atoms with Crippen molar-refractivity contribution >= 4 is 17.3 Å². The number of nitrogens with zero attached hydrogens (tertiary/aromatic N) is 3. The fourth-order valence-corrected chi connectivity index (χ4v) is 5.75. The highest BCUT2D eigenvalue weighted by atomic mass is 32.1. The lowest BCUT2D eigenvalue weighted by molar-refractivity contribution is 0.245. The third kappa shape index (κ3) is 3.43. The number of hydrogen-bond donors (Lipinski definition) is 1. The van der Waals surface area contributed by atoms with E-state index in [0.29, 0.717) is 11.7 Å². The summed E-state index contributed by atoms with van der Waals surface area (Å²) in [5.41, 5.74) is 4.80. The number of hydrogen-bond acceptors (Lipinski definition) is 2. The van der Waals surface area contributed by atoms with Crippen molar-refractivity contribution in [2.45, 2.75) is 57.7 Å². The summed E-state index contributed by atoms with van der Waals surface area (Å²) in [7, 11) is 0. The van der Waals surface area contributed by atoms with Gasteiger partial charge in [-0.2, -0.15) is 0 Å². The van der Waals surface area contributed by atoms with E-state index in [1.807, 2.05) is 42.0 Å². The predicted molar refractivity (Wildman–Crippen MR) is 125 cm³/mol. The molecule has 0 bridgehead atoms. The van der Waals surface area contributed by atoms with Crippen molar-refractivity contribution in [3.05, 3.63) is 83.2 Å². The van der Waals surface area contributed by atoms with Crippen LogP contribution in [-0.2, 0) is 0 Å². The molecule has 1 saturated carbocycles. The molecule has 0 unspecified atom stereocenters. The maximum atomic E-state index is 14.7. The first kappa shape index (κ1) is 20.2. The molecule has 2 atom stereocenters. The van der Waals surface area contributed by atoms with Crippen LogP contribution >= 0.6 is 12.2 Å². The van der Waals surface area contributed by atoms with Crippen LogP contribution in [0.5, 0.6) is 0 Å². The molecule has 3 aromatic rings. The largest absolute Gasteiger partial charge is 0.352 e. The Bertz CT molecular complexity index is 1100. The molecule has 0 radical (unpaired) electrons. The van der Waals surface area contributed by atoms with Crippen molar-refractivity contribution in [2.75, 3.05) is 0 Å². The molecule has 160 valence electrons. The first-order valence-corrected chi connectivity index (χ1v) is 11.4. The second kappa shape index (κ2) is 8.08. The van der Waals surface area contributed by atoms with E-state index in [0.717, 1.165) is 35.0 Å². The molecule has 5 rings (SSSR count). The summed E-state index contributed by atoms with van der Waals surface area (Å²) in [6.45, 7) is 4.12. The Labute approximate surface area is 188 Å². The van der Waals surface area contributed by atoms with E-state index in [1.54, 1.807) is 6.07 Å². The zero-order valence-electron chi connectivity index (χ0n) is 17.9. The standard InChI is InChI=1S/C25H27FN4S/c1-16-15-19(17(2)29(16)22-13-6-5-11-20(22)26)24-23(21-12-7-8-14-27-21)28-25(31)30(24)18-9-3-4-10-18/h5-8,11-15,18,23-24H,3-4,9-10H2,1-2H3,(H,28,31)/t23-,24+/m1/s1. The summed E-state index contributed by atoms with van der Waals surface area (Å²) in [5.74, 6) is -0.218. The minimum atomic E-state index is -0.218. The normalized spacial score (nSPS) is 21.6. The van der Waals surface area contributed by atoms with Gasteiger partial charge in [0.15, 0.2) is 5.11 Å². The average Bonchev–Trinajstić information content (AvgIpc) is 3.47. The van der Waals surface area contributed by atoms with Crippen LogP contribution in [0.25, 0.3) is 5.69 Å². The summed E-state index contributed by atoms with van der Waals surface area (Å²) < 4.78 is 16.7. The van der Waals surface area contributed by atoms with Crippen LogP contribution in [0, 0.1) is 19.7 Å². The maximum Gasteiger partial charge on any atom is 0.170 e. The molecule has 2 aromatic heterocycles. The number of thiocarbonyl (C=S) groups is 1. The molecular weight excluding hydrogens is 407 g/mol. The van der Waals surface area contributed by atoms with Crippen LogP contribution in [0.4, 0.5) is 4.39 Å². The zero-order valence-corrected chi connectivity index (χ0v) is 18.7. The van der Waals surface area contributed by atoms with Gasteiger partial charge in [0.1, 0.15) is 5.82 Å². The Balaban J connectivity index is 1.65. The number of halogens is 1. The summed E-state index contributed by atoms with van der Waals surface area (Å²) in [6.07, 6.45) is 6.61. The van der Waals surface area contributed by atoms with Crippen molar-refractivity contribution in [3.8, 4) is 5.69 Å². The van der Waals surface area contributed by atoms with Crippen LogP contribution in [0.1, 0.15) is 60.4 Å². The number of nitrogens with one attached hydrogen (secondary N) is 1. The molecule has 6 heteroatoms. The topological polar surface area (TPSA) is 33.1 Å². The molecule has 3 heterocycles. The third-order valence-electron chi connectivity index (χ3n) is 6.74. The SMILES string of the molecule is Cc1cc([C@H]2[C@@H](c3ccccn3)NC(=S)N2C2CCCC2)c(C)n1-c1ccccc1F. The summed E-state index contributed by atoms with van der Waals surface area (Å²) in [6, 6.07) is 15.6. The molecule has 1 aromatic carbocycles. The highest BCUT2D eigenvalue weighted by molar-refractivity contribution is 7.80. The first-order chi connectivity index (χ1) is 15.1. The van der Waals surface area contributed by atoms with Gasteiger partial charge in [-0.05, 0) is 74.8 Å². The minimum absolute atomic E-state index is 0.0252. The number of aryl methyl sites for hydroxylation is 1. The Hall–Kier alpha value is -2.73. The molecule has 0 amide bonds. The number of para-hydroxylation sites is 1. The highest BCUT2D eigenvalue weighted by Gasteiger charge is 2.44. The van der Waals surface area contributed by atoms with E-state index in [-0.39, 0.29) is 17.9 Å². The van der Waals surface area contributed by atoms with Crippen molar-refractivity contribution in [1.82, 2.24) is 19.8 Å². The molecule has 1 N–H and O–H groups in total. The number of rotatable bonds is 4. The number of aromatic nitrogens is 2. The lowest BCUT2D eigenvalue weighted by Crippen LogP contribution is -2.37. The number of benzene rings is 1. The molecule has 1 saturated heterocycles. The quantitative estimate of drug-likeness (QED) is 0.546. The Morgan fingerprint density at radius 2 is 1.81 bits per heavy atom. The Morgan fingerprint density at radius 1 is 1.06 bits per heavy atom. The van der Waals surface area contributed by atoms with Crippen molar-refractivity contribution < 1.29 is 4.39 Å². The van der Waals surface area contributed by atoms with Gasteiger partial charge in [0.05, 0.1) is 23.5 Å². The van der Waals surface area contributed by atoms with Gasteiger partial charge in [0, 0.05) is 23.6 Å². The first-order valence-electron chi connectivity index (χ1n) is 11.0. The zero-order chi connectivity index (χ0) is 21.5. The molecule has 0 spiro atoms. The van der Waals surface area contributed by atoms with Gasteiger partial charge in [0.25, 0.3) is 0 Å². The monoisotopic (exact) mass is 434 g/mol. The molecule has 2 fully saturated rings. The van der Waals surface area contributed by atoms with Gasteiger partial charge in [-0.1, -0.05) is 31.0 Å². The van der Waals surface area contributed by atoms with Crippen LogP contribution in [0.2, 0.25) is 0 Å². The van der Waals surface area contributed by atoms with E-state index < -0.39 is 0 Å². The van der Waals surface area contributed by atoms with Crippen molar-refractivity contribution in [3.63, 3.8) is 0 Å². The van der Waals surface area contributed by atoms with Gasteiger partial charge in [-0.15, -0.1) is 0 Å². The van der Waals surface area contributed by atoms with Gasteiger partial charge in [-0.25, -0.2) is 4.39 Å². The van der Waals surface area contributed by atoms with E-state index in [9.17, 15) is 4.39 Å². The lowest BCUT2D eigenvalue weighted by atomic mass is 9.95. The average molecular weight is 435 g/mol. The maximum absolute atomic E-state index is 14.7. The van der Waals surface area contributed by atoms with Gasteiger partial charge >= 0.3 is 0 Å². The number of pyridine rings is 1. The van der Waals surface area contributed by atoms with E-state index >= 15 is 0 Å².